The molecule has 70 valence electrons. The second-order valence-electron chi connectivity index (χ2n) is 1.80. The molecule has 0 saturated carbocycles. The van der Waals surface area contributed by atoms with Crippen molar-refractivity contribution in [2.24, 2.45) is 0 Å². The molecule has 0 aliphatic heterocycles. The van der Waals surface area contributed by atoms with Crippen LogP contribution in [0.3, 0.4) is 0 Å². The number of thiol groups is 1. The molecule has 1 aromatic carbocycles. The summed E-state index contributed by atoms with van der Waals surface area (Å²) < 4.78 is 0. The van der Waals surface area contributed by atoms with Crippen molar-refractivity contribution in [3.63, 3.8) is 0 Å². The van der Waals surface area contributed by atoms with E-state index in [0.717, 1.165) is 5.02 Å². The molecule has 0 fully saturated rings. The van der Waals surface area contributed by atoms with Crippen molar-refractivity contribution < 1.29 is 0 Å². The average molecular weight is 205 g/mol. The van der Waals surface area contributed by atoms with Crippen LogP contribution in [0.1, 0.15) is 19.4 Å². The minimum Gasteiger partial charge on any atom is -0.183 e. The third-order valence-electron chi connectivity index (χ3n) is 1.01. The molecule has 0 aromatic heterocycles. The van der Waals surface area contributed by atoms with E-state index in [4.69, 9.17) is 11.6 Å². The summed E-state index contributed by atoms with van der Waals surface area (Å²) in [4.78, 5) is 0. The molecule has 0 nitrogen and oxygen atoms in total. The van der Waals surface area contributed by atoms with Gasteiger partial charge in [-0.3, -0.25) is 0 Å². The van der Waals surface area contributed by atoms with E-state index in [1.807, 2.05) is 45.0 Å². The molecule has 0 amide bonds. The summed E-state index contributed by atoms with van der Waals surface area (Å²) in [6.45, 7) is 6.04. The maximum Gasteiger partial charge on any atom is 0.0406 e. The Morgan fingerprint density at radius 2 is 1.33 bits per heavy atom. The van der Waals surface area contributed by atoms with Crippen LogP contribution < -0.4 is 0 Å². The molecule has 0 atom stereocenters. The maximum absolute atomic E-state index is 5.61. The lowest BCUT2D eigenvalue weighted by Gasteiger charge is -1.88. The van der Waals surface area contributed by atoms with Crippen LogP contribution in [-0.2, 0) is 0 Å². The highest BCUT2D eigenvalue weighted by atomic mass is 35.5. The van der Waals surface area contributed by atoms with Gasteiger partial charge < -0.3 is 0 Å². The molecule has 0 spiro atoms. The van der Waals surface area contributed by atoms with Crippen molar-refractivity contribution in [1.29, 1.82) is 0 Å². The zero-order valence-corrected chi connectivity index (χ0v) is 9.78. The molecule has 0 aliphatic rings. The third kappa shape index (κ3) is 7.96. The fourth-order valence-corrected chi connectivity index (χ4v) is 0.659. The summed E-state index contributed by atoms with van der Waals surface area (Å²) in [6.07, 6.45) is 1.69. The fraction of sp³-hybridized carbons (Fsp3) is 0.400. The fourth-order valence-electron chi connectivity index (χ4n) is 0.533. The van der Waals surface area contributed by atoms with Crippen molar-refractivity contribution in [3.8, 4) is 0 Å². The topological polar surface area (TPSA) is 0 Å². The van der Waals surface area contributed by atoms with Gasteiger partial charge in [-0.2, -0.15) is 12.6 Å². The lowest BCUT2D eigenvalue weighted by Crippen LogP contribution is -1.66. The minimum absolute atomic E-state index is 0.801. The van der Waals surface area contributed by atoms with E-state index in [-0.39, 0.29) is 0 Å². The summed E-state index contributed by atoms with van der Waals surface area (Å²) in [5.74, 6) is 0. The van der Waals surface area contributed by atoms with Crippen LogP contribution in [0.5, 0.6) is 0 Å². The first-order chi connectivity index (χ1) is 5.79. The summed E-state index contributed by atoms with van der Waals surface area (Å²) in [7, 11) is 0. The van der Waals surface area contributed by atoms with Gasteiger partial charge in [0.25, 0.3) is 0 Å². The zero-order valence-electron chi connectivity index (χ0n) is 8.13. The van der Waals surface area contributed by atoms with Gasteiger partial charge in [0.05, 0.1) is 0 Å². The Labute approximate surface area is 86.4 Å². The maximum atomic E-state index is 5.61. The van der Waals surface area contributed by atoms with Crippen LogP contribution in [0, 0.1) is 6.92 Å². The molecule has 0 radical (unpaired) electrons. The van der Waals surface area contributed by atoms with Crippen molar-refractivity contribution in [2.75, 3.05) is 6.26 Å². The van der Waals surface area contributed by atoms with Gasteiger partial charge >= 0.3 is 0 Å². The Bertz CT molecular complexity index is 149. The predicted octanol–water partition coefficient (Wildman–Crippen LogP) is 4.22. The first-order valence-electron chi connectivity index (χ1n) is 3.96. The quantitative estimate of drug-likeness (QED) is 0.602. The standard InChI is InChI=1S/C7H7Cl.C2H6.CH4S/c1-6-2-4-7(8)5-3-6;2*1-2/h2-5H,1H3;1-2H3;2H,1H3. The van der Waals surface area contributed by atoms with Crippen LogP contribution in [0.25, 0.3) is 0 Å². The van der Waals surface area contributed by atoms with Gasteiger partial charge in [0, 0.05) is 5.02 Å². The molecule has 0 heterocycles. The number of aryl methyl sites for hydroxylation is 1. The van der Waals surface area contributed by atoms with Crippen LogP contribution in [0.15, 0.2) is 24.3 Å². The van der Waals surface area contributed by atoms with E-state index < -0.39 is 0 Å². The monoisotopic (exact) mass is 204 g/mol. The van der Waals surface area contributed by atoms with Gasteiger partial charge in [-0.15, -0.1) is 0 Å². The number of rotatable bonds is 0. The molecule has 0 bridgehead atoms. The smallest absolute Gasteiger partial charge is 0.0406 e. The molecule has 0 saturated heterocycles. The van der Waals surface area contributed by atoms with Crippen molar-refractivity contribution in [1.82, 2.24) is 0 Å². The minimum atomic E-state index is 0.801. The van der Waals surface area contributed by atoms with Gasteiger partial charge in [-0.05, 0) is 25.3 Å². The lowest BCUT2D eigenvalue weighted by atomic mass is 10.2. The average Bonchev–Trinajstić information content (AvgIpc) is 2.17. The Hall–Kier alpha value is -0.140. The van der Waals surface area contributed by atoms with Gasteiger partial charge in [0.2, 0.25) is 0 Å². The second-order valence-corrected chi connectivity index (χ2v) is 2.23. The molecular weight excluding hydrogens is 188 g/mol. The van der Waals surface area contributed by atoms with Gasteiger partial charge in [-0.25, -0.2) is 0 Å². The first kappa shape index (κ1) is 14.4. The molecule has 1 rings (SSSR count). The number of hydrogen-bond acceptors (Lipinski definition) is 1. The number of benzene rings is 1. The molecule has 12 heavy (non-hydrogen) atoms. The van der Waals surface area contributed by atoms with Gasteiger partial charge in [0.15, 0.2) is 0 Å². The largest absolute Gasteiger partial charge is 0.183 e. The molecule has 0 unspecified atom stereocenters. The highest BCUT2D eigenvalue weighted by Crippen LogP contribution is 2.07. The predicted molar refractivity (Wildman–Crippen MR) is 62.4 cm³/mol. The van der Waals surface area contributed by atoms with Crippen LogP contribution in [-0.4, -0.2) is 6.26 Å². The summed E-state index contributed by atoms with van der Waals surface area (Å²) >= 11 is 9.14. The van der Waals surface area contributed by atoms with E-state index in [1.54, 1.807) is 6.26 Å². The molecule has 1 aromatic rings. The van der Waals surface area contributed by atoms with Crippen LogP contribution >= 0.6 is 24.2 Å². The van der Waals surface area contributed by atoms with E-state index in [9.17, 15) is 0 Å². The Balaban J connectivity index is 0. The van der Waals surface area contributed by atoms with Crippen LogP contribution in [0.4, 0.5) is 0 Å². The normalized spacial score (nSPS) is 7.17. The Morgan fingerprint density at radius 1 is 1.00 bits per heavy atom. The summed E-state index contributed by atoms with van der Waals surface area (Å²) in [5, 5.41) is 0.801. The van der Waals surface area contributed by atoms with Crippen molar-refractivity contribution >= 4 is 24.2 Å². The van der Waals surface area contributed by atoms with E-state index in [2.05, 4.69) is 12.6 Å². The lowest BCUT2D eigenvalue weighted by molar-refractivity contribution is 1.48. The second kappa shape index (κ2) is 10.9. The highest BCUT2D eigenvalue weighted by molar-refractivity contribution is 7.79. The summed E-state index contributed by atoms with van der Waals surface area (Å²) in [6, 6.07) is 7.75. The Morgan fingerprint density at radius 3 is 1.58 bits per heavy atom. The number of halogens is 1. The van der Waals surface area contributed by atoms with E-state index >= 15 is 0 Å². The van der Waals surface area contributed by atoms with Crippen molar-refractivity contribution in [3.05, 3.63) is 34.9 Å². The van der Waals surface area contributed by atoms with E-state index in [0.29, 0.717) is 0 Å². The third-order valence-corrected chi connectivity index (χ3v) is 1.26. The van der Waals surface area contributed by atoms with Gasteiger partial charge in [-0.1, -0.05) is 43.1 Å². The molecule has 0 N–H and O–H groups in total. The van der Waals surface area contributed by atoms with E-state index in [1.165, 1.54) is 5.56 Å². The molecule has 2 heteroatoms. The Kier molecular flexibility index (Phi) is 13.0. The van der Waals surface area contributed by atoms with Crippen molar-refractivity contribution in [2.45, 2.75) is 20.8 Å². The first-order valence-corrected chi connectivity index (χ1v) is 5.23. The summed E-state index contributed by atoms with van der Waals surface area (Å²) in [5.41, 5.74) is 1.24. The number of hydrogen-bond donors (Lipinski definition) is 1. The SMILES string of the molecule is CC.CS.Cc1ccc(Cl)cc1. The highest BCUT2D eigenvalue weighted by Gasteiger charge is 1.81. The van der Waals surface area contributed by atoms with Crippen LogP contribution in [0.2, 0.25) is 5.02 Å². The molecular formula is C10H17ClS. The molecule has 0 aliphatic carbocycles. The zero-order chi connectivity index (χ0) is 9.98. The van der Waals surface area contributed by atoms with Gasteiger partial charge in [0.1, 0.15) is 0 Å².